The number of unbranched alkanes of at least 4 members (excludes halogenated alkanes) is 45. The van der Waals surface area contributed by atoms with Gasteiger partial charge in [0, 0.05) is 69.8 Å². The molecule has 0 bridgehead atoms. The van der Waals surface area contributed by atoms with Crippen molar-refractivity contribution in [2.24, 2.45) is 0 Å². The van der Waals surface area contributed by atoms with E-state index in [0.717, 1.165) is 96.3 Å². The molecule has 560 valence electrons. The fraction of sp³-hybridized carbons (Fsp3) is 1.00. The van der Waals surface area contributed by atoms with Crippen LogP contribution >= 0.6 is 39.1 Å². The van der Waals surface area contributed by atoms with E-state index in [2.05, 4.69) is 85.1 Å². The molecule has 0 saturated heterocycles. The molecule has 25 nitrogen and oxygen atoms in total. The van der Waals surface area contributed by atoms with E-state index in [1.54, 1.807) is 0 Å². The zero-order valence-electron chi connectivity index (χ0n) is 57.7. The van der Waals surface area contributed by atoms with Gasteiger partial charge in [0.25, 0.3) is 0 Å². The Hall–Kier alpha value is 1.52. The number of nitrogens with one attached hydrogen (secondary N) is 5. The Morgan fingerprint density at radius 3 is 0.359 bits per heavy atom. The zero-order valence-corrected chi connectivity index (χ0v) is 65.0. The third-order valence-corrected chi connectivity index (χ3v) is 15.8. The molecule has 0 heterocycles. The second-order valence-electron chi connectivity index (χ2n) is 23.1. The molecular weight excluding hydrogens is 1370 g/mol. The first kappa shape index (κ1) is 107. The standard InChI is InChI=1S/5C12H28NO4P.2V/c5*1-2-3-4-5-6-7-8-9-10-11-12-13-17-18(14,15)16;;/h5*13H,2-12H2,1H3,(H2,14,15,16);;/p-10. The molecule has 0 fully saturated rings. The number of hydrogen-bond acceptors (Lipinski definition) is 25. The van der Waals surface area contributed by atoms with Gasteiger partial charge in [-0.3, -0.25) is 23.1 Å². The van der Waals surface area contributed by atoms with Crippen molar-refractivity contribution in [1.82, 2.24) is 27.4 Å². The van der Waals surface area contributed by atoms with E-state index in [0.29, 0.717) is 32.7 Å². The van der Waals surface area contributed by atoms with Crippen LogP contribution in [0.3, 0.4) is 0 Å². The normalized spacial score (nSPS) is 11.7. The summed E-state index contributed by atoms with van der Waals surface area (Å²) >= 11 is 0. The van der Waals surface area contributed by atoms with Gasteiger partial charge in [-0.1, -0.05) is 324 Å². The Kier molecular flexibility index (Phi) is 96.7. The minimum absolute atomic E-state index is 0. The van der Waals surface area contributed by atoms with E-state index < -0.39 is 39.1 Å². The van der Waals surface area contributed by atoms with Gasteiger partial charge in [-0.25, -0.2) is 0 Å². The van der Waals surface area contributed by atoms with Crippen LogP contribution in [0.5, 0.6) is 0 Å². The van der Waals surface area contributed by atoms with Crippen molar-refractivity contribution in [2.45, 2.75) is 356 Å². The number of rotatable bonds is 65. The third kappa shape index (κ3) is 128. The van der Waals surface area contributed by atoms with Crippen LogP contribution in [0.1, 0.15) is 356 Å². The Morgan fingerprint density at radius 1 is 0.185 bits per heavy atom. The molecule has 0 aromatic carbocycles. The van der Waals surface area contributed by atoms with Gasteiger partial charge in [0.1, 0.15) is 0 Å². The van der Waals surface area contributed by atoms with Crippen LogP contribution in [-0.4, -0.2) is 32.7 Å². The molecule has 0 atom stereocenters. The molecule has 0 aliphatic heterocycles. The first-order valence-electron chi connectivity index (χ1n) is 35.0. The van der Waals surface area contributed by atoms with Crippen molar-refractivity contribution < 1.29 is 132 Å². The van der Waals surface area contributed by atoms with E-state index in [1.807, 2.05) is 0 Å². The molecule has 0 aromatic rings. The quantitative estimate of drug-likeness (QED) is 0.0214. The summed E-state index contributed by atoms with van der Waals surface area (Å²) in [7, 11) is -24.3. The molecular formula is C60H130N5O20P5V2-10. The summed E-state index contributed by atoms with van der Waals surface area (Å²) in [5.74, 6) is 0. The maximum absolute atomic E-state index is 10.1. The maximum atomic E-state index is 10.1. The number of hydroxylamine groups is 5. The van der Waals surface area contributed by atoms with E-state index in [-0.39, 0.29) is 37.1 Å². The summed E-state index contributed by atoms with van der Waals surface area (Å²) in [5.41, 5.74) is 10.8. The summed E-state index contributed by atoms with van der Waals surface area (Å²) in [6.45, 7) is 13.1. The minimum atomic E-state index is -4.86. The Balaban J connectivity index is -0.000000195. The largest absolute Gasteiger partial charge is 0.788 e. The van der Waals surface area contributed by atoms with Crippen LogP contribution in [0.25, 0.3) is 0 Å². The summed E-state index contributed by atoms with van der Waals surface area (Å²) in [6.07, 6.45) is 60.8. The second-order valence-corrected chi connectivity index (χ2v) is 28.5. The summed E-state index contributed by atoms with van der Waals surface area (Å²) in [4.78, 5) is 101. The van der Waals surface area contributed by atoms with Gasteiger partial charge < -0.3 is 71.8 Å². The zero-order chi connectivity index (χ0) is 68.5. The Bertz CT molecular complexity index is 1380. The average Bonchev–Trinajstić information content (AvgIpc) is 3.62. The van der Waals surface area contributed by atoms with Crippen molar-refractivity contribution in [3.8, 4) is 0 Å². The van der Waals surface area contributed by atoms with Crippen LogP contribution in [0.15, 0.2) is 0 Å². The fourth-order valence-corrected chi connectivity index (χ4v) is 10.3. The van der Waals surface area contributed by atoms with Crippen molar-refractivity contribution in [2.75, 3.05) is 32.7 Å². The predicted octanol–water partition coefficient (Wildman–Crippen LogP) is 11.3. The smallest absolute Gasteiger partial charge is 0.0842 e. The van der Waals surface area contributed by atoms with E-state index in [9.17, 15) is 71.8 Å². The molecule has 2 radical (unpaired) electrons. The molecule has 5 N–H and O–H groups in total. The Labute approximate surface area is 583 Å². The van der Waals surface area contributed by atoms with Gasteiger partial charge in [0.15, 0.2) is 0 Å². The van der Waals surface area contributed by atoms with Crippen molar-refractivity contribution in [3.05, 3.63) is 0 Å². The molecule has 0 unspecified atom stereocenters. The fourth-order valence-electron chi connectivity index (χ4n) is 9.05. The molecule has 0 rings (SSSR count). The van der Waals surface area contributed by atoms with Crippen molar-refractivity contribution in [3.63, 3.8) is 0 Å². The van der Waals surface area contributed by atoms with Gasteiger partial charge in [0.05, 0.1) is 39.1 Å². The molecule has 0 amide bonds. The van der Waals surface area contributed by atoms with E-state index in [1.165, 1.54) is 225 Å². The monoisotopic (exact) mass is 1500 g/mol. The summed E-state index contributed by atoms with van der Waals surface area (Å²) in [5, 5.41) is 0. The van der Waals surface area contributed by atoms with Gasteiger partial charge in [-0.15, -0.1) is 0 Å². The number of phosphoric acid groups is 5. The van der Waals surface area contributed by atoms with Crippen molar-refractivity contribution in [1.29, 1.82) is 0 Å². The van der Waals surface area contributed by atoms with Crippen LogP contribution in [0.4, 0.5) is 0 Å². The first-order chi connectivity index (χ1) is 42.8. The van der Waals surface area contributed by atoms with Gasteiger partial charge in [-0.2, -0.15) is 27.4 Å². The molecule has 0 spiro atoms. The second kappa shape index (κ2) is 83.2. The van der Waals surface area contributed by atoms with Crippen LogP contribution < -0.4 is 76.3 Å². The molecule has 0 aromatic heterocycles. The van der Waals surface area contributed by atoms with Gasteiger partial charge in [0.2, 0.25) is 0 Å². The SMILES string of the molecule is CCCCCCCCCCCCNOP(=O)([O-])[O-].CCCCCCCCCCCCNOP(=O)([O-])[O-].CCCCCCCCCCCCNOP(=O)([O-])[O-].CCCCCCCCCCCCNOP(=O)([O-])[O-].CCCCCCCCCCCCNOP(=O)([O-])[O-].[V].[V]. The van der Waals surface area contributed by atoms with E-state index in [4.69, 9.17) is 0 Å². The number of hydrogen-bond donors (Lipinski definition) is 5. The van der Waals surface area contributed by atoms with Crippen molar-refractivity contribution >= 4 is 39.1 Å². The molecule has 0 aliphatic rings. The topological polar surface area (TPSA) is 422 Å². The molecule has 0 aliphatic carbocycles. The Morgan fingerprint density at radius 2 is 0.272 bits per heavy atom. The first-order valence-corrected chi connectivity index (χ1v) is 42.3. The van der Waals surface area contributed by atoms with Crippen LogP contribution in [0.2, 0.25) is 0 Å². The molecule has 92 heavy (non-hydrogen) atoms. The average molecular weight is 1500 g/mol. The third-order valence-electron chi connectivity index (χ3n) is 14.0. The summed E-state index contributed by atoms with van der Waals surface area (Å²) < 4.78 is 70.0. The van der Waals surface area contributed by atoms with Gasteiger partial charge in [-0.05, 0) is 32.1 Å². The maximum Gasteiger partial charge on any atom is 0.0842 e. The predicted molar refractivity (Wildman–Crippen MR) is 343 cm³/mol. The minimum Gasteiger partial charge on any atom is -0.788 e. The molecule has 32 heteroatoms. The van der Waals surface area contributed by atoms with E-state index >= 15 is 0 Å². The summed E-state index contributed by atoms with van der Waals surface area (Å²) in [6, 6.07) is 0. The van der Waals surface area contributed by atoms with Gasteiger partial charge >= 0.3 is 0 Å². The molecule has 0 saturated carbocycles. The van der Waals surface area contributed by atoms with Crippen LogP contribution in [0, 0.1) is 0 Å². The van der Waals surface area contributed by atoms with Crippen LogP contribution in [-0.2, 0) is 83.1 Å².